The molecule has 0 aliphatic carbocycles. The van der Waals surface area contributed by atoms with E-state index in [1.165, 1.54) is 20.3 Å². The summed E-state index contributed by atoms with van der Waals surface area (Å²) in [5.41, 5.74) is 0.831. The molecular weight excluding hydrogens is 360 g/mol. The van der Waals surface area contributed by atoms with Gasteiger partial charge in [0.2, 0.25) is 5.91 Å². The average molecular weight is 379 g/mol. The molecule has 0 aromatic heterocycles. The molecule has 0 aliphatic rings. The Morgan fingerprint density at radius 1 is 0.926 bits per heavy atom. The molecule has 2 rings (SSSR count). The molecule has 0 heterocycles. The number of anilines is 1. The Morgan fingerprint density at radius 2 is 1.59 bits per heavy atom. The zero-order valence-corrected chi connectivity index (χ0v) is 14.8. The average Bonchev–Trinajstić information content (AvgIpc) is 2.67. The number of carbonyl (C=O) groups excluding carboxylic acids is 2. The van der Waals surface area contributed by atoms with Gasteiger partial charge in [0.25, 0.3) is 0 Å². The van der Waals surface area contributed by atoms with Crippen molar-refractivity contribution in [2.24, 2.45) is 0 Å². The molecule has 0 aliphatic heterocycles. The molecule has 0 saturated carbocycles. The molecule has 0 spiro atoms. The van der Waals surface area contributed by atoms with Crippen molar-refractivity contribution in [2.45, 2.75) is 6.54 Å². The molecule has 9 heteroatoms. The summed E-state index contributed by atoms with van der Waals surface area (Å²) in [6.45, 7) is -0.156. The fraction of sp³-hybridized carbons (Fsp3) is 0.222. The number of benzene rings is 2. The van der Waals surface area contributed by atoms with Gasteiger partial charge in [0.15, 0.2) is 11.6 Å². The van der Waals surface area contributed by atoms with Gasteiger partial charge < -0.3 is 25.4 Å². The van der Waals surface area contributed by atoms with Gasteiger partial charge in [-0.2, -0.15) is 0 Å². The minimum absolute atomic E-state index is 0.0876. The molecule has 7 nitrogen and oxygen atoms in total. The van der Waals surface area contributed by atoms with Crippen LogP contribution in [0.4, 0.5) is 19.3 Å². The maximum atomic E-state index is 13.1. The Labute approximate surface area is 154 Å². The van der Waals surface area contributed by atoms with E-state index >= 15 is 0 Å². The third-order valence-corrected chi connectivity index (χ3v) is 3.48. The van der Waals surface area contributed by atoms with E-state index in [0.29, 0.717) is 11.5 Å². The summed E-state index contributed by atoms with van der Waals surface area (Å²) in [4.78, 5) is 23.6. The van der Waals surface area contributed by atoms with Gasteiger partial charge in [-0.25, -0.2) is 13.6 Å². The summed E-state index contributed by atoms with van der Waals surface area (Å²) >= 11 is 0. The zero-order valence-electron chi connectivity index (χ0n) is 14.8. The van der Waals surface area contributed by atoms with Gasteiger partial charge in [-0.3, -0.25) is 4.79 Å². The van der Waals surface area contributed by atoms with Crippen molar-refractivity contribution in [1.29, 1.82) is 0 Å². The lowest BCUT2D eigenvalue weighted by molar-refractivity contribution is -0.115. The minimum atomic E-state index is -1.08. The first kappa shape index (κ1) is 20.0. The van der Waals surface area contributed by atoms with E-state index in [0.717, 1.165) is 17.7 Å². The smallest absolute Gasteiger partial charge is 0.315 e. The van der Waals surface area contributed by atoms with Crippen molar-refractivity contribution in [2.75, 3.05) is 26.1 Å². The molecule has 27 heavy (non-hydrogen) atoms. The van der Waals surface area contributed by atoms with Crippen LogP contribution in [0.2, 0.25) is 0 Å². The van der Waals surface area contributed by atoms with Crippen LogP contribution >= 0.6 is 0 Å². The van der Waals surface area contributed by atoms with E-state index in [2.05, 4.69) is 16.0 Å². The standard InChI is InChI=1S/C18H19F2N3O4/c1-26-13-5-11(6-14(8-13)27-2)9-21-18(25)22-10-17(24)23-12-3-4-15(19)16(20)7-12/h3-8H,9-10H2,1-2H3,(H,23,24)(H2,21,22,25). The number of rotatable bonds is 7. The van der Waals surface area contributed by atoms with Gasteiger partial charge in [-0.15, -0.1) is 0 Å². The van der Waals surface area contributed by atoms with Crippen LogP contribution in [-0.4, -0.2) is 32.7 Å². The third-order valence-electron chi connectivity index (χ3n) is 3.48. The number of nitrogens with one attached hydrogen (secondary N) is 3. The molecule has 2 aromatic rings. The number of hydrogen-bond donors (Lipinski definition) is 3. The number of amides is 3. The molecule has 0 bridgehead atoms. The Kier molecular flexibility index (Phi) is 6.93. The number of carbonyl (C=O) groups is 2. The first-order chi connectivity index (χ1) is 12.9. The van der Waals surface area contributed by atoms with Crippen LogP contribution in [0.3, 0.4) is 0 Å². The predicted octanol–water partition coefficient (Wildman–Crippen LogP) is 2.42. The molecular formula is C18H19F2N3O4. The highest BCUT2D eigenvalue weighted by atomic mass is 19.2. The number of hydrogen-bond acceptors (Lipinski definition) is 4. The Balaban J connectivity index is 1.80. The molecule has 3 amide bonds. The van der Waals surface area contributed by atoms with Gasteiger partial charge in [0.1, 0.15) is 11.5 Å². The van der Waals surface area contributed by atoms with E-state index in [9.17, 15) is 18.4 Å². The first-order valence-electron chi connectivity index (χ1n) is 7.90. The van der Waals surface area contributed by atoms with Crippen molar-refractivity contribution in [3.63, 3.8) is 0 Å². The van der Waals surface area contributed by atoms with Crippen molar-refractivity contribution < 1.29 is 27.8 Å². The maximum Gasteiger partial charge on any atom is 0.315 e. The van der Waals surface area contributed by atoms with E-state index < -0.39 is 23.6 Å². The second-order valence-corrected chi connectivity index (χ2v) is 5.43. The second-order valence-electron chi connectivity index (χ2n) is 5.43. The maximum absolute atomic E-state index is 13.1. The van der Waals surface area contributed by atoms with Crippen LogP contribution in [0.25, 0.3) is 0 Å². The highest BCUT2D eigenvalue weighted by Gasteiger charge is 2.09. The lowest BCUT2D eigenvalue weighted by Crippen LogP contribution is -2.39. The number of urea groups is 1. The largest absolute Gasteiger partial charge is 0.497 e. The number of ether oxygens (including phenoxy) is 2. The van der Waals surface area contributed by atoms with E-state index in [1.54, 1.807) is 18.2 Å². The summed E-state index contributed by atoms with van der Waals surface area (Å²) in [5, 5.41) is 7.30. The second kappa shape index (κ2) is 9.37. The van der Waals surface area contributed by atoms with Gasteiger partial charge in [-0.05, 0) is 29.8 Å². The highest BCUT2D eigenvalue weighted by Crippen LogP contribution is 2.22. The third kappa shape index (κ3) is 6.14. The normalized spacial score (nSPS) is 10.1. The van der Waals surface area contributed by atoms with Crippen LogP contribution < -0.4 is 25.4 Å². The van der Waals surface area contributed by atoms with Crippen molar-refractivity contribution in [3.05, 3.63) is 53.6 Å². The Morgan fingerprint density at radius 3 is 2.19 bits per heavy atom. The first-order valence-corrected chi connectivity index (χ1v) is 7.90. The molecule has 3 N–H and O–H groups in total. The van der Waals surface area contributed by atoms with Crippen molar-refractivity contribution in [1.82, 2.24) is 10.6 Å². The topological polar surface area (TPSA) is 88.7 Å². The quantitative estimate of drug-likeness (QED) is 0.689. The van der Waals surface area contributed by atoms with Gasteiger partial charge in [-0.1, -0.05) is 0 Å². The van der Waals surface area contributed by atoms with Gasteiger partial charge in [0.05, 0.1) is 20.8 Å². The molecule has 0 saturated heterocycles. The number of methoxy groups -OCH3 is 2. The van der Waals surface area contributed by atoms with Crippen LogP contribution in [0, 0.1) is 11.6 Å². The van der Waals surface area contributed by atoms with E-state index in [1.807, 2.05) is 0 Å². The van der Waals surface area contributed by atoms with E-state index in [-0.39, 0.29) is 18.8 Å². The van der Waals surface area contributed by atoms with Crippen LogP contribution in [-0.2, 0) is 11.3 Å². The molecule has 0 radical (unpaired) electrons. The highest BCUT2D eigenvalue weighted by molar-refractivity contribution is 5.94. The summed E-state index contributed by atoms with van der Waals surface area (Å²) in [7, 11) is 3.04. The summed E-state index contributed by atoms with van der Waals surface area (Å²) < 4.78 is 36.2. The molecule has 0 atom stereocenters. The molecule has 2 aromatic carbocycles. The fourth-order valence-electron chi connectivity index (χ4n) is 2.15. The fourth-order valence-corrected chi connectivity index (χ4v) is 2.15. The summed E-state index contributed by atoms with van der Waals surface area (Å²) in [5.74, 6) is -1.51. The lowest BCUT2D eigenvalue weighted by atomic mass is 10.2. The number of halogens is 2. The van der Waals surface area contributed by atoms with Crippen molar-refractivity contribution in [3.8, 4) is 11.5 Å². The van der Waals surface area contributed by atoms with Gasteiger partial charge in [0, 0.05) is 24.4 Å². The zero-order chi connectivity index (χ0) is 19.8. The minimum Gasteiger partial charge on any atom is -0.497 e. The summed E-state index contributed by atoms with van der Waals surface area (Å²) in [6.07, 6.45) is 0. The van der Waals surface area contributed by atoms with Crippen LogP contribution in [0.5, 0.6) is 11.5 Å². The molecule has 0 fully saturated rings. The lowest BCUT2D eigenvalue weighted by Gasteiger charge is -2.11. The molecule has 144 valence electrons. The summed E-state index contributed by atoms with van der Waals surface area (Å²) in [6, 6.07) is 7.56. The van der Waals surface area contributed by atoms with Gasteiger partial charge >= 0.3 is 6.03 Å². The van der Waals surface area contributed by atoms with Crippen molar-refractivity contribution >= 4 is 17.6 Å². The van der Waals surface area contributed by atoms with Crippen LogP contribution in [0.15, 0.2) is 36.4 Å². The monoisotopic (exact) mass is 379 g/mol. The Hall–Kier alpha value is -3.36. The Bertz CT molecular complexity index is 808. The molecule has 0 unspecified atom stereocenters. The van der Waals surface area contributed by atoms with E-state index in [4.69, 9.17) is 9.47 Å². The predicted molar refractivity (Wildman–Crippen MR) is 94.8 cm³/mol. The SMILES string of the molecule is COc1cc(CNC(=O)NCC(=O)Nc2ccc(F)c(F)c2)cc(OC)c1. The van der Waals surface area contributed by atoms with Crippen LogP contribution in [0.1, 0.15) is 5.56 Å².